The molecule has 2 nitrogen and oxygen atoms in total. The lowest BCUT2D eigenvalue weighted by Crippen LogP contribution is -2.64. The van der Waals surface area contributed by atoms with Crippen molar-refractivity contribution in [1.82, 2.24) is 10.2 Å². The molecule has 1 N–H and O–H groups in total. The SMILES string of the molecule is CC(C)(C)C1CN(Cc2ccc(Cl)c(F)c2)C(C)(C)CN1. The summed E-state index contributed by atoms with van der Waals surface area (Å²) >= 11 is 5.76. The number of halogens is 2. The minimum absolute atomic E-state index is 0.0534. The molecule has 0 aliphatic carbocycles. The molecule has 1 aliphatic rings. The van der Waals surface area contributed by atoms with Crippen LogP contribution in [-0.2, 0) is 6.54 Å². The second-order valence-corrected chi connectivity index (χ2v) is 8.15. The van der Waals surface area contributed by atoms with Gasteiger partial charge < -0.3 is 5.32 Å². The summed E-state index contributed by atoms with van der Waals surface area (Å²) in [5, 5.41) is 3.83. The third-order valence-corrected chi connectivity index (χ3v) is 4.75. The quantitative estimate of drug-likeness (QED) is 0.885. The highest BCUT2D eigenvalue weighted by Crippen LogP contribution is 2.29. The molecule has 0 aromatic heterocycles. The molecule has 2 rings (SSSR count). The van der Waals surface area contributed by atoms with Gasteiger partial charge in [0.2, 0.25) is 0 Å². The average molecular weight is 313 g/mol. The van der Waals surface area contributed by atoms with Crippen LogP contribution < -0.4 is 5.32 Å². The number of benzene rings is 1. The largest absolute Gasteiger partial charge is 0.310 e. The minimum atomic E-state index is -0.338. The van der Waals surface area contributed by atoms with Crippen LogP contribution in [0.2, 0.25) is 5.02 Å². The van der Waals surface area contributed by atoms with Crippen molar-refractivity contribution in [2.45, 2.75) is 52.7 Å². The Morgan fingerprint density at radius 3 is 2.62 bits per heavy atom. The number of nitrogens with zero attached hydrogens (tertiary/aromatic N) is 1. The average Bonchev–Trinajstić information content (AvgIpc) is 2.35. The highest BCUT2D eigenvalue weighted by Gasteiger charge is 2.38. The molecule has 0 radical (unpaired) electrons. The summed E-state index contributed by atoms with van der Waals surface area (Å²) in [7, 11) is 0. The molecule has 1 aromatic carbocycles. The van der Waals surface area contributed by atoms with Gasteiger partial charge in [-0.2, -0.15) is 0 Å². The van der Waals surface area contributed by atoms with Crippen LogP contribution in [0.4, 0.5) is 4.39 Å². The Labute approximate surface area is 132 Å². The first-order valence-corrected chi connectivity index (χ1v) is 7.90. The van der Waals surface area contributed by atoms with Crippen molar-refractivity contribution >= 4 is 11.6 Å². The zero-order valence-electron chi connectivity index (χ0n) is 13.6. The predicted molar refractivity (Wildman–Crippen MR) is 87.1 cm³/mol. The summed E-state index contributed by atoms with van der Waals surface area (Å²) in [4.78, 5) is 2.43. The van der Waals surface area contributed by atoms with Crippen molar-refractivity contribution in [3.05, 3.63) is 34.6 Å². The Morgan fingerprint density at radius 1 is 1.38 bits per heavy atom. The van der Waals surface area contributed by atoms with Gasteiger partial charge >= 0.3 is 0 Å². The van der Waals surface area contributed by atoms with E-state index in [0.29, 0.717) is 6.04 Å². The van der Waals surface area contributed by atoms with Gasteiger partial charge in [0.1, 0.15) is 5.82 Å². The molecule has 1 fully saturated rings. The fourth-order valence-electron chi connectivity index (χ4n) is 2.73. The van der Waals surface area contributed by atoms with E-state index in [4.69, 9.17) is 11.6 Å². The van der Waals surface area contributed by atoms with Crippen molar-refractivity contribution in [2.24, 2.45) is 5.41 Å². The van der Waals surface area contributed by atoms with E-state index in [2.05, 4.69) is 44.8 Å². The van der Waals surface area contributed by atoms with Crippen LogP contribution in [0.25, 0.3) is 0 Å². The van der Waals surface area contributed by atoms with Crippen molar-refractivity contribution < 1.29 is 4.39 Å². The van der Waals surface area contributed by atoms with E-state index in [0.717, 1.165) is 25.2 Å². The molecule has 21 heavy (non-hydrogen) atoms. The zero-order chi connectivity index (χ0) is 15.8. The van der Waals surface area contributed by atoms with Crippen molar-refractivity contribution in [1.29, 1.82) is 0 Å². The standard InChI is InChI=1S/C17H26ClFN2/c1-16(2,3)15-10-21(17(4,5)11-20-15)9-12-6-7-13(18)14(19)8-12/h6-8,15,20H,9-11H2,1-5H3. The lowest BCUT2D eigenvalue weighted by Gasteiger charge is -2.49. The van der Waals surface area contributed by atoms with Gasteiger partial charge in [0, 0.05) is 31.2 Å². The summed E-state index contributed by atoms with van der Waals surface area (Å²) in [6.45, 7) is 13.9. The summed E-state index contributed by atoms with van der Waals surface area (Å²) in [5.41, 5.74) is 1.23. The molecule has 0 spiro atoms. The first kappa shape index (κ1) is 16.7. The molecular weight excluding hydrogens is 287 g/mol. The molecule has 1 atom stereocenters. The maximum absolute atomic E-state index is 13.6. The van der Waals surface area contributed by atoms with Gasteiger partial charge in [-0.15, -0.1) is 0 Å². The fourth-order valence-corrected chi connectivity index (χ4v) is 2.85. The van der Waals surface area contributed by atoms with Gasteiger partial charge in [0.05, 0.1) is 5.02 Å². The first-order valence-electron chi connectivity index (χ1n) is 7.52. The highest BCUT2D eigenvalue weighted by molar-refractivity contribution is 6.30. The molecule has 118 valence electrons. The van der Waals surface area contributed by atoms with E-state index in [1.54, 1.807) is 12.1 Å². The van der Waals surface area contributed by atoms with Crippen LogP contribution in [0.1, 0.15) is 40.2 Å². The molecule has 1 saturated heterocycles. The number of piperazine rings is 1. The van der Waals surface area contributed by atoms with E-state index in [1.165, 1.54) is 0 Å². The van der Waals surface area contributed by atoms with E-state index in [-0.39, 0.29) is 21.8 Å². The summed E-state index contributed by atoms with van der Waals surface area (Å²) < 4.78 is 13.6. The third-order valence-electron chi connectivity index (χ3n) is 4.44. The van der Waals surface area contributed by atoms with Crippen LogP contribution in [0.15, 0.2) is 18.2 Å². The van der Waals surface area contributed by atoms with Gasteiger partial charge in [0.25, 0.3) is 0 Å². The van der Waals surface area contributed by atoms with Gasteiger partial charge in [-0.05, 0) is 37.0 Å². The lowest BCUT2D eigenvalue weighted by molar-refractivity contribution is 0.0295. The third kappa shape index (κ3) is 3.97. The van der Waals surface area contributed by atoms with Crippen LogP contribution >= 0.6 is 11.6 Å². The van der Waals surface area contributed by atoms with Crippen molar-refractivity contribution in [3.63, 3.8) is 0 Å². The Bertz CT molecular complexity index is 508. The minimum Gasteiger partial charge on any atom is -0.310 e. The monoisotopic (exact) mass is 312 g/mol. The topological polar surface area (TPSA) is 15.3 Å². The normalized spacial score (nSPS) is 23.3. The van der Waals surface area contributed by atoms with Crippen molar-refractivity contribution in [2.75, 3.05) is 13.1 Å². The number of rotatable bonds is 2. The maximum Gasteiger partial charge on any atom is 0.142 e. The van der Waals surface area contributed by atoms with E-state index >= 15 is 0 Å². The van der Waals surface area contributed by atoms with E-state index in [9.17, 15) is 4.39 Å². The predicted octanol–water partition coefficient (Wildman–Crippen LogP) is 4.08. The fraction of sp³-hybridized carbons (Fsp3) is 0.647. The Morgan fingerprint density at radius 2 is 2.05 bits per heavy atom. The molecule has 1 aliphatic heterocycles. The number of nitrogens with one attached hydrogen (secondary N) is 1. The molecular formula is C17H26ClFN2. The van der Waals surface area contributed by atoms with Crippen LogP contribution in [0.3, 0.4) is 0 Å². The van der Waals surface area contributed by atoms with E-state index < -0.39 is 0 Å². The van der Waals surface area contributed by atoms with Crippen LogP contribution in [-0.4, -0.2) is 29.6 Å². The molecule has 0 amide bonds. The van der Waals surface area contributed by atoms with Gasteiger partial charge in [0.15, 0.2) is 0 Å². The lowest BCUT2D eigenvalue weighted by atomic mass is 9.82. The zero-order valence-corrected chi connectivity index (χ0v) is 14.4. The Balaban J connectivity index is 2.16. The number of hydrogen-bond donors (Lipinski definition) is 1. The van der Waals surface area contributed by atoms with Crippen molar-refractivity contribution in [3.8, 4) is 0 Å². The van der Waals surface area contributed by atoms with Gasteiger partial charge in [-0.25, -0.2) is 4.39 Å². The molecule has 4 heteroatoms. The second kappa shape index (κ2) is 5.86. The van der Waals surface area contributed by atoms with Gasteiger partial charge in [-0.1, -0.05) is 38.4 Å². The summed E-state index contributed by atoms with van der Waals surface area (Å²) in [5.74, 6) is -0.338. The number of hydrogen-bond acceptors (Lipinski definition) is 2. The smallest absolute Gasteiger partial charge is 0.142 e. The molecule has 1 aromatic rings. The Kier molecular flexibility index (Phi) is 4.67. The molecule has 1 unspecified atom stereocenters. The Hall–Kier alpha value is -0.640. The van der Waals surface area contributed by atoms with Gasteiger partial charge in [-0.3, -0.25) is 4.90 Å². The second-order valence-electron chi connectivity index (χ2n) is 7.74. The maximum atomic E-state index is 13.6. The molecule has 0 bridgehead atoms. The molecule has 0 saturated carbocycles. The van der Waals surface area contributed by atoms with E-state index in [1.807, 2.05) is 6.07 Å². The highest BCUT2D eigenvalue weighted by atomic mass is 35.5. The van der Waals surface area contributed by atoms with Crippen LogP contribution in [0.5, 0.6) is 0 Å². The summed E-state index contributed by atoms with van der Waals surface area (Å²) in [6, 6.07) is 5.54. The first-order chi connectivity index (χ1) is 9.59. The van der Waals surface area contributed by atoms with Crippen LogP contribution in [0, 0.1) is 11.2 Å². The summed E-state index contributed by atoms with van der Waals surface area (Å²) in [6.07, 6.45) is 0. The molecule has 1 heterocycles.